The third-order valence-electron chi connectivity index (χ3n) is 3.00. The van der Waals surface area contributed by atoms with Crippen LogP contribution in [0.3, 0.4) is 0 Å². The first kappa shape index (κ1) is 17.8. The molecule has 0 aromatic heterocycles. The molecule has 0 aliphatic heterocycles. The molecular formula is C11H20O7S. The van der Waals surface area contributed by atoms with E-state index in [2.05, 4.69) is 0 Å². The average Bonchev–Trinajstić information content (AvgIpc) is 2.24. The van der Waals surface area contributed by atoms with Crippen LogP contribution in [0.15, 0.2) is 0 Å². The molecule has 0 fully saturated rings. The van der Waals surface area contributed by atoms with E-state index in [-0.39, 0.29) is 6.42 Å². The minimum absolute atomic E-state index is 0.235. The molecule has 0 aliphatic rings. The molecule has 1 unspecified atom stereocenters. The number of unbranched alkanes of at least 4 members (excludes halogenated alkanes) is 4. The smallest absolute Gasteiger partial charge is 0.328 e. The van der Waals surface area contributed by atoms with Crippen molar-refractivity contribution in [3.05, 3.63) is 0 Å². The molecule has 0 heterocycles. The number of aliphatic carboxylic acids is 2. The molecule has 0 rings (SSSR count). The summed E-state index contributed by atoms with van der Waals surface area (Å²) in [6, 6.07) is 0. The van der Waals surface area contributed by atoms with Crippen LogP contribution in [0.1, 0.15) is 51.9 Å². The molecule has 0 aromatic carbocycles. The standard InChI is InChI=1S/C11H20O7S/c1-2-3-4-5-6-7-11(10(14)15,8-9(12)13)19(16,17)18/h2-8H2,1H3,(H,12,13)(H,14,15)(H,16,17,18). The highest BCUT2D eigenvalue weighted by Gasteiger charge is 2.51. The highest BCUT2D eigenvalue weighted by atomic mass is 32.2. The Balaban J connectivity index is 4.94. The first-order chi connectivity index (χ1) is 8.67. The third kappa shape index (κ3) is 5.15. The summed E-state index contributed by atoms with van der Waals surface area (Å²) in [5.41, 5.74) is 0. The quantitative estimate of drug-likeness (QED) is 0.412. The van der Waals surface area contributed by atoms with Gasteiger partial charge in [-0.1, -0.05) is 39.0 Å². The van der Waals surface area contributed by atoms with Gasteiger partial charge in [-0.15, -0.1) is 0 Å². The Morgan fingerprint density at radius 3 is 1.95 bits per heavy atom. The second-order valence-corrected chi connectivity index (χ2v) is 6.24. The maximum absolute atomic E-state index is 11.3. The molecule has 8 heteroatoms. The predicted octanol–water partition coefficient (Wildman–Crippen LogP) is 1.53. The summed E-state index contributed by atoms with van der Waals surface area (Å²) in [4.78, 5) is 21.8. The Morgan fingerprint density at radius 2 is 1.58 bits per heavy atom. The molecule has 0 aromatic rings. The van der Waals surface area contributed by atoms with Gasteiger partial charge in [-0.25, -0.2) is 0 Å². The minimum Gasteiger partial charge on any atom is -0.481 e. The molecular weight excluding hydrogens is 276 g/mol. The van der Waals surface area contributed by atoms with Gasteiger partial charge >= 0.3 is 11.9 Å². The van der Waals surface area contributed by atoms with Crippen LogP contribution in [0.4, 0.5) is 0 Å². The van der Waals surface area contributed by atoms with Crippen molar-refractivity contribution in [1.29, 1.82) is 0 Å². The van der Waals surface area contributed by atoms with E-state index in [4.69, 9.17) is 14.8 Å². The Kier molecular flexibility index (Phi) is 6.99. The van der Waals surface area contributed by atoms with Crippen molar-refractivity contribution in [2.24, 2.45) is 0 Å². The topological polar surface area (TPSA) is 129 Å². The zero-order chi connectivity index (χ0) is 15.1. The second kappa shape index (κ2) is 7.44. The van der Waals surface area contributed by atoms with Gasteiger partial charge in [0.25, 0.3) is 10.1 Å². The van der Waals surface area contributed by atoms with Crippen LogP contribution in [0, 0.1) is 0 Å². The van der Waals surface area contributed by atoms with Gasteiger partial charge in [0.05, 0.1) is 6.42 Å². The van der Waals surface area contributed by atoms with E-state index in [0.717, 1.165) is 19.3 Å². The van der Waals surface area contributed by atoms with E-state index in [1.807, 2.05) is 6.92 Å². The fraction of sp³-hybridized carbons (Fsp3) is 0.818. The monoisotopic (exact) mass is 296 g/mol. The zero-order valence-electron chi connectivity index (χ0n) is 10.8. The fourth-order valence-corrected chi connectivity index (χ4v) is 2.79. The van der Waals surface area contributed by atoms with E-state index in [1.54, 1.807) is 0 Å². The summed E-state index contributed by atoms with van der Waals surface area (Å²) in [5.74, 6) is -3.40. The molecule has 0 aliphatic carbocycles. The van der Waals surface area contributed by atoms with Crippen LogP contribution in [-0.2, 0) is 19.7 Å². The number of carbonyl (C=O) groups is 2. The van der Waals surface area contributed by atoms with E-state index >= 15 is 0 Å². The molecule has 0 bridgehead atoms. The molecule has 1 atom stereocenters. The Hall–Kier alpha value is -1.15. The maximum Gasteiger partial charge on any atom is 0.328 e. The Bertz CT molecular complexity index is 415. The average molecular weight is 296 g/mol. The van der Waals surface area contributed by atoms with Crippen molar-refractivity contribution in [3.8, 4) is 0 Å². The van der Waals surface area contributed by atoms with Crippen molar-refractivity contribution >= 4 is 22.1 Å². The number of rotatable bonds is 10. The minimum atomic E-state index is -4.99. The van der Waals surface area contributed by atoms with Gasteiger partial charge in [0.1, 0.15) is 0 Å². The molecule has 3 N–H and O–H groups in total. The maximum atomic E-state index is 11.3. The van der Waals surface area contributed by atoms with Crippen molar-refractivity contribution in [2.75, 3.05) is 0 Å². The lowest BCUT2D eigenvalue weighted by Gasteiger charge is -2.24. The molecule has 19 heavy (non-hydrogen) atoms. The number of hydrogen-bond acceptors (Lipinski definition) is 4. The number of hydrogen-bond donors (Lipinski definition) is 3. The summed E-state index contributed by atoms with van der Waals surface area (Å²) < 4.78 is 29.0. The van der Waals surface area contributed by atoms with Gasteiger partial charge in [-0.2, -0.15) is 8.42 Å². The highest BCUT2D eigenvalue weighted by Crippen LogP contribution is 2.29. The number of carboxylic acids is 2. The predicted molar refractivity (Wildman–Crippen MR) is 67.5 cm³/mol. The molecule has 0 saturated carbocycles. The van der Waals surface area contributed by atoms with Crippen molar-refractivity contribution < 1.29 is 32.8 Å². The van der Waals surface area contributed by atoms with Gasteiger partial charge in [-0.3, -0.25) is 14.1 Å². The van der Waals surface area contributed by atoms with Crippen molar-refractivity contribution in [2.45, 2.75) is 56.6 Å². The summed E-state index contributed by atoms with van der Waals surface area (Å²) in [5, 5.41) is 17.7. The molecule has 0 spiro atoms. The van der Waals surface area contributed by atoms with Crippen molar-refractivity contribution in [1.82, 2.24) is 0 Å². The molecule has 0 amide bonds. The van der Waals surface area contributed by atoms with Crippen LogP contribution in [0.5, 0.6) is 0 Å². The molecule has 0 saturated heterocycles. The lowest BCUT2D eigenvalue weighted by Crippen LogP contribution is -2.48. The summed E-state index contributed by atoms with van der Waals surface area (Å²) in [7, 11) is -4.99. The zero-order valence-corrected chi connectivity index (χ0v) is 11.6. The van der Waals surface area contributed by atoms with E-state index in [9.17, 15) is 18.0 Å². The van der Waals surface area contributed by atoms with Gasteiger partial charge in [0.2, 0.25) is 4.75 Å². The first-order valence-corrected chi connectivity index (χ1v) is 7.53. The van der Waals surface area contributed by atoms with Crippen LogP contribution in [0.25, 0.3) is 0 Å². The van der Waals surface area contributed by atoms with Gasteiger partial charge in [0, 0.05) is 0 Å². The lowest BCUT2D eigenvalue weighted by molar-refractivity contribution is -0.147. The van der Waals surface area contributed by atoms with Gasteiger partial charge < -0.3 is 10.2 Å². The number of carboxylic acid groups (broad SMARTS) is 2. The largest absolute Gasteiger partial charge is 0.481 e. The van der Waals surface area contributed by atoms with E-state index < -0.39 is 39.6 Å². The second-order valence-electron chi connectivity index (χ2n) is 4.51. The van der Waals surface area contributed by atoms with E-state index in [0.29, 0.717) is 6.42 Å². The first-order valence-electron chi connectivity index (χ1n) is 6.09. The third-order valence-corrected chi connectivity index (χ3v) is 4.52. The van der Waals surface area contributed by atoms with Gasteiger partial charge in [-0.05, 0) is 6.42 Å². The summed E-state index contributed by atoms with van der Waals surface area (Å²) >= 11 is 0. The molecule has 0 radical (unpaired) electrons. The van der Waals surface area contributed by atoms with Crippen LogP contribution in [-0.4, -0.2) is 39.9 Å². The Labute approximate surface area is 112 Å². The van der Waals surface area contributed by atoms with Gasteiger partial charge in [0.15, 0.2) is 0 Å². The SMILES string of the molecule is CCCCCCCC(CC(=O)O)(C(=O)O)S(=O)(=O)O. The van der Waals surface area contributed by atoms with Crippen molar-refractivity contribution in [3.63, 3.8) is 0 Å². The van der Waals surface area contributed by atoms with Crippen LogP contribution >= 0.6 is 0 Å². The van der Waals surface area contributed by atoms with Crippen LogP contribution < -0.4 is 0 Å². The Morgan fingerprint density at radius 1 is 1.05 bits per heavy atom. The van der Waals surface area contributed by atoms with Crippen LogP contribution in [0.2, 0.25) is 0 Å². The lowest BCUT2D eigenvalue weighted by atomic mass is 9.96. The summed E-state index contributed by atoms with van der Waals surface area (Å²) in [6.07, 6.45) is 2.00. The highest BCUT2D eigenvalue weighted by molar-refractivity contribution is 7.88. The molecule has 112 valence electrons. The fourth-order valence-electron chi connectivity index (χ4n) is 1.86. The molecule has 7 nitrogen and oxygen atoms in total. The summed E-state index contributed by atoms with van der Waals surface area (Å²) in [6.45, 7) is 1.99. The normalized spacial score (nSPS) is 14.8. The van der Waals surface area contributed by atoms with E-state index in [1.165, 1.54) is 0 Å².